The molecule has 132 valence electrons. The van der Waals surface area contributed by atoms with E-state index in [0.717, 1.165) is 37.6 Å². The fourth-order valence-electron chi connectivity index (χ4n) is 3.85. The lowest BCUT2D eigenvalue weighted by molar-refractivity contribution is -0.147. The standard InChI is InChI=1S/C17H22N6O2/c1-13-17(4-8-22(9-5-17)16-18-6-3-7-19-16)25-12-15(24)23(13)14-10-20-21(2)11-14/h3,6-7,10-11,13H,4-5,8-9,12H2,1-2H3/t13-/m1/s1. The maximum atomic E-state index is 12.5. The number of hydrogen-bond acceptors (Lipinski definition) is 6. The molecule has 4 rings (SSSR count). The number of rotatable bonds is 2. The van der Waals surface area contributed by atoms with Gasteiger partial charge in [0.05, 0.1) is 23.5 Å². The lowest BCUT2D eigenvalue weighted by Gasteiger charge is -2.51. The van der Waals surface area contributed by atoms with Crippen molar-refractivity contribution in [3.63, 3.8) is 0 Å². The van der Waals surface area contributed by atoms with Crippen LogP contribution in [0.2, 0.25) is 0 Å². The Labute approximate surface area is 146 Å². The Morgan fingerprint density at radius 1 is 1.24 bits per heavy atom. The molecule has 2 aromatic heterocycles. The van der Waals surface area contributed by atoms with E-state index < -0.39 is 0 Å². The summed E-state index contributed by atoms with van der Waals surface area (Å²) >= 11 is 0. The highest BCUT2D eigenvalue weighted by molar-refractivity contribution is 5.95. The van der Waals surface area contributed by atoms with Crippen molar-refractivity contribution in [1.29, 1.82) is 0 Å². The van der Waals surface area contributed by atoms with Crippen LogP contribution in [0, 0.1) is 0 Å². The van der Waals surface area contributed by atoms with Gasteiger partial charge in [0, 0.05) is 38.7 Å². The van der Waals surface area contributed by atoms with Gasteiger partial charge in [0.2, 0.25) is 5.95 Å². The molecule has 1 amide bonds. The van der Waals surface area contributed by atoms with Crippen LogP contribution in [0.4, 0.5) is 11.6 Å². The smallest absolute Gasteiger partial charge is 0.253 e. The minimum atomic E-state index is -0.338. The van der Waals surface area contributed by atoms with Gasteiger partial charge >= 0.3 is 0 Å². The van der Waals surface area contributed by atoms with Gasteiger partial charge in [-0.2, -0.15) is 5.10 Å². The van der Waals surface area contributed by atoms with E-state index in [0.29, 0.717) is 0 Å². The second kappa shape index (κ2) is 6.11. The minimum absolute atomic E-state index is 0.0139. The molecule has 8 nitrogen and oxygen atoms in total. The molecule has 1 spiro atoms. The monoisotopic (exact) mass is 342 g/mol. The van der Waals surface area contributed by atoms with Crippen LogP contribution in [0.15, 0.2) is 30.9 Å². The highest BCUT2D eigenvalue weighted by Gasteiger charge is 2.48. The summed E-state index contributed by atoms with van der Waals surface area (Å²) in [5, 5.41) is 4.20. The van der Waals surface area contributed by atoms with Crippen LogP contribution in [0.3, 0.4) is 0 Å². The molecule has 0 N–H and O–H groups in total. The molecule has 2 saturated heterocycles. The minimum Gasteiger partial charge on any atom is -0.363 e. The Kier molecular flexibility index (Phi) is 3.91. The number of carbonyl (C=O) groups is 1. The molecule has 2 fully saturated rings. The predicted octanol–water partition coefficient (Wildman–Crippen LogP) is 1.00. The molecule has 2 aliphatic heterocycles. The predicted molar refractivity (Wildman–Crippen MR) is 92.3 cm³/mol. The van der Waals surface area contributed by atoms with Crippen molar-refractivity contribution in [2.45, 2.75) is 31.4 Å². The highest BCUT2D eigenvalue weighted by Crippen LogP contribution is 2.38. The van der Waals surface area contributed by atoms with Crippen LogP contribution in [-0.2, 0) is 16.6 Å². The van der Waals surface area contributed by atoms with Gasteiger partial charge < -0.3 is 14.5 Å². The molecule has 0 aromatic carbocycles. The Morgan fingerprint density at radius 2 is 1.96 bits per heavy atom. The van der Waals surface area contributed by atoms with Crippen LogP contribution >= 0.6 is 0 Å². The molecule has 4 heterocycles. The Bertz CT molecular complexity index is 754. The van der Waals surface area contributed by atoms with Gasteiger partial charge in [0.15, 0.2) is 0 Å². The third-order valence-electron chi connectivity index (χ3n) is 5.31. The first kappa shape index (κ1) is 16.0. The highest BCUT2D eigenvalue weighted by atomic mass is 16.5. The van der Waals surface area contributed by atoms with E-state index in [9.17, 15) is 4.79 Å². The maximum absolute atomic E-state index is 12.5. The van der Waals surface area contributed by atoms with Crippen LogP contribution in [-0.4, -0.2) is 57.0 Å². The van der Waals surface area contributed by atoms with Crippen molar-refractivity contribution < 1.29 is 9.53 Å². The number of aryl methyl sites for hydroxylation is 1. The van der Waals surface area contributed by atoms with Crippen LogP contribution < -0.4 is 9.80 Å². The molecule has 2 aromatic rings. The first-order valence-electron chi connectivity index (χ1n) is 8.56. The molecule has 25 heavy (non-hydrogen) atoms. The van der Waals surface area contributed by atoms with Crippen molar-refractivity contribution >= 4 is 17.5 Å². The zero-order valence-corrected chi connectivity index (χ0v) is 14.5. The molecular weight excluding hydrogens is 320 g/mol. The molecule has 0 saturated carbocycles. The largest absolute Gasteiger partial charge is 0.363 e. The normalized spacial score (nSPS) is 23.3. The first-order valence-corrected chi connectivity index (χ1v) is 8.56. The van der Waals surface area contributed by atoms with Gasteiger partial charge in [0.25, 0.3) is 5.91 Å². The summed E-state index contributed by atoms with van der Waals surface area (Å²) in [5.74, 6) is 0.737. The molecule has 0 radical (unpaired) electrons. The lowest BCUT2D eigenvalue weighted by atomic mass is 9.82. The summed E-state index contributed by atoms with van der Waals surface area (Å²) in [6.07, 6.45) is 8.79. The topological polar surface area (TPSA) is 76.4 Å². The van der Waals surface area contributed by atoms with Gasteiger partial charge in [-0.1, -0.05) is 0 Å². The van der Waals surface area contributed by atoms with E-state index in [1.54, 1.807) is 23.3 Å². The average Bonchev–Trinajstić information content (AvgIpc) is 3.06. The Hall–Kier alpha value is -2.48. The fourth-order valence-corrected chi connectivity index (χ4v) is 3.85. The summed E-state index contributed by atoms with van der Waals surface area (Å²) in [6.45, 7) is 3.80. The fraction of sp³-hybridized carbons (Fsp3) is 0.529. The number of carbonyl (C=O) groups excluding carboxylic acids is 1. The number of morpholine rings is 1. The van der Waals surface area contributed by atoms with Gasteiger partial charge in [-0.3, -0.25) is 9.48 Å². The van der Waals surface area contributed by atoms with E-state index >= 15 is 0 Å². The molecule has 0 aliphatic carbocycles. The summed E-state index contributed by atoms with van der Waals surface area (Å²) in [7, 11) is 1.85. The summed E-state index contributed by atoms with van der Waals surface area (Å²) in [6, 6.07) is 1.77. The van der Waals surface area contributed by atoms with Crippen LogP contribution in [0.25, 0.3) is 0 Å². The lowest BCUT2D eigenvalue weighted by Crippen LogP contribution is -2.64. The SMILES string of the molecule is C[C@H]1N(c2cnn(C)c2)C(=O)COC12CCN(c1ncccn1)CC2. The molecule has 0 unspecified atom stereocenters. The molecular formula is C17H22N6O2. The maximum Gasteiger partial charge on any atom is 0.253 e. The van der Waals surface area contributed by atoms with Crippen molar-refractivity contribution in [1.82, 2.24) is 19.7 Å². The number of piperidine rings is 1. The number of nitrogens with zero attached hydrogens (tertiary/aromatic N) is 6. The number of anilines is 2. The van der Waals surface area contributed by atoms with E-state index in [-0.39, 0.29) is 24.2 Å². The number of amides is 1. The second-order valence-electron chi connectivity index (χ2n) is 6.70. The van der Waals surface area contributed by atoms with Crippen LogP contribution in [0.5, 0.6) is 0 Å². The number of hydrogen-bond donors (Lipinski definition) is 0. The third-order valence-corrected chi connectivity index (χ3v) is 5.31. The van der Waals surface area contributed by atoms with Crippen molar-refractivity contribution in [2.75, 3.05) is 29.5 Å². The quantitative estimate of drug-likeness (QED) is 0.810. The zero-order valence-electron chi connectivity index (χ0n) is 14.5. The van der Waals surface area contributed by atoms with Gasteiger partial charge in [-0.25, -0.2) is 9.97 Å². The second-order valence-corrected chi connectivity index (χ2v) is 6.70. The van der Waals surface area contributed by atoms with Crippen molar-refractivity contribution in [3.8, 4) is 0 Å². The molecule has 2 aliphatic rings. The van der Waals surface area contributed by atoms with Gasteiger partial charge in [-0.05, 0) is 25.8 Å². The number of ether oxygens (including phenoxy) is 1. The molecule has 8 heteroatoms. The van der Waals surface area contributed by atoms with Gasteiger partial charge in [-0.15, -0.1) is 0 Å². The summed E-state index contributed by atoms with van der Waals surface area (Å²) in [5.41, 5.74) is 0.492. The Morgan fingerprint density at radius 3 is 2.60 bits per heavy atom. The molecule has 1 atom stereocenters. The first-order chi connectivity index (χ1) is 12.1. The molecule has 0 bridgehead atoms. The zero-order chi connectivity index (χ0) is 17.4. The summed E-state index contributed by atoms with van der Waals surface area (Å²) in [4.78, 5) is 25.1. The van der Waals surface area contributed by atoms with E-state index in [1.807, 2.05) is 24.2 Å². The van der Waals surface area contributed by atoms with Crippen molar-refractivity contribution in [3.05, 3.63) is 30.9 Å². The number of aromatic nitrogens is 4. The van der Waals surface area contributed by atoms with Crippen molar-refractivity contribution in [2.24, 2.45) is 7.05 Å². The Balaban J connectivity index is 1.53. The van der Waals surface area contributed by atoms with E-state index in [4.69, 9.17) is 4.74 Å². The third kappa shape index (κ3) is 2.76. The van der Waals surface area contributed by atoms with Crippen LogP contribution in [0.1, 0.15) is 19.8 Å². The summed E-state index contributed by atoms with van der Waals surface area (Å²) < 4.78 is 7.80. The average molecular weight is 342 g/mol. The van der Waals surface area contributed by atoms with E-state index in [2.05, 4.69) is 26.9 Å². The van der Waals surface area contributed by atoms with E-state index in [1.165, 1.54) is 0 Å². The van der Waals surface area contributed by atoms with Gasteiger partial charge in [0.1, 0.15) is 6.61 Å².